The van der Waals surface area contributed by atoms with Gasteiger partial charge >= 0.3 is 11.0 Å². The number of hydrogen-bond donors (Lipinski definition) is 0. The van der Waals surface area contributed by atoms with Crippen LogP contribution in [-0.4, -0.2) is 11.0 Å². The van der Waals surface area contributed by atoms with E-state index in [1.54, 1.807) is 0 Å². The van der Waals surface area contributed by atoms with Crippen LogP contribution in [0.25, 0.3) is 11.1 Å². The Labute approximate surface area is 139 Å². The van der Waals surface area contributed by atoms with Gasteiger partial charge < -0.3 is 0 Å². The van der Waals surface area contributed by atoms with E-state index in [1.165, 1.54) is 0 Å². The van der Waals surface area contributed by atoms with Gasteiger partial charge in [0.15, 0.2) is 0 Å². The van der Waals surface area contributed by atoms with Crippen molar-refractivity contribution in [1.29, 1.82) is 0 Å². The van der Waals surface area contributed by atoms with Gasteiger partial charge in [-0.2, -0.15) is 26.3 Å². The third-order valence-corrected chi connectivity index (χ3v) is 4.27. The largest absolute Gasteiger partial charge is 0.446 e. The van der Waals surface area contributed by atoms with Gasteiger partial charge in [-0.15, -0.1) is 0 Å². The highest BCUT2D eigenvalue weighted by atomic mass is 32.2. The molecule has 2 aromatic carbocycles. The van der Waals surface area contributed by atoms with Gasteiger partial charge in [-0.1, -0.05) is 12.1 Å². The molecule has 0 bridgehead atoms. The van der Waals surface area contributed by atoms with Crippen molar-refractivity contribution in [3.8, 4) is 11.1 Å². The van der Waals surface area contributed by atoms with Crippen LogP contribution in [0.2, 0.25) is 0 Å². The van der Waals surface area contributed by atoms with Crippen LogP contribution in [0.3, 0.4) is 0 Å². The normalized spacial score (nSPS) is 12.5. The van der Waals surface area contributed by atoms with Gasteiger partial charge in [-0.05, 0) is 52.8 Å². The van der Waals surface area contributed by atoms with E-state index in [1.807, 2.05) is 0 Å². The van der Waals surface area contributed by atoms with Gasteiger partial charge in [0.2, 0.25) is 0 Å². The van der Waals surface area contributed by atoms with Gasteiger partial charge in [-0.25, -0.2) is 8.78 Å². The molecule has 0 amide bonds. The van der Waals surface area contributed by atoms with Crippen LogP contribution in [0.4, 0.5) is 35.1 Å². The molecule has 10 heteroatoms. The molecule has 0 aliphatic carbocycles. The third-order valence-electron chi connectivity index (χ3n) is 2.52. The summed E-state index contributed by atoms with van der Waals surface area (Å²) in [5.41, 5.74) is -10.4. The van der Waals surface area contributed by atoms with Crippen molar-refractivity contribution in [1.82, 2.24) is 0 Å². The summed E-state index contributed by atoms with van der Waals surface area (Å²) in [5.74, 6) is -2.13. The van der Waals surface area contributed by atoms with Crippen molar-refractivity contribution in [2.45, 2.75) is 20.8 Å². The Bertz CT molecular complexity index is 716. The van der Waals surface area contributed by atoms with Crippen molar-refractivity contribution < 1.29 is 35.1 Å². The summed E-state index contributed by atoms with van der Waals surface area (Å²) >= 11 is -1.57. The number of halogens is 8. The molecule has 0 nitrogen and oxygen atoms in total. The maximum atomic E-state index is 13.3. The van der Waals surface area contributed by atoms with Crippen LogP contribution < -0.4 is 0 Å². The average Bonchev–Trinajstić information content (AvgIpc) is 2.36. The fraction of sp³-hybridized carbons (Fsp3) is 0.143. The smallest absolute Gasteiger partial charge is 0.207 e. The summed E-state index contributed by atoms with van der Waals surface area (Å²) in [5, 5.41) is 0. The first-order chi connectivity index (χ1) is 10.9. The molecule has 0 unspecified atom stereocenters. The molecule has 0 heterocycles. The van der Waals surface area contributed by atoms with Crippen LogP contribution in [0, 0.1) is 17.7 Å². The molecule has 2 aromatic rings. The van der Waals surface area contributed by atoms with Gasteiger partial charge in [0.25, 0.3) is 0 Å². The lowest BCUT2D eigenvalue weighted by Gasteiger charge is -2.16. The van der Waals surface area contributed by atoms with Crippen molar-refractivity contribution in [3.05, 3.63) is 48.0 Å². The molecular formula is C14H5F8S2. The Kier molecular flexibility index (Phi) is 5.38. The summed E-state index contributed by atoms with van der Waals surface area (Å²) in [7, 11) is 0. The van der Waals surface area contributed by atoms with Crippen LogP contribution >= 0.6 is 23.5 Å². The molecule has 0 aliphatic rings. The first-order valence-electron chi connectivity index (χ1n) is 5.97. The van der Waals surface area contributed by atoms with E-state index in [0.29, 0.717) is 6.07 Å². The number of hydrogen-bond acceptors (Lipinski definition) is 2. The number of benzene rings is 2. The highest BCUT2D eigenvalue weighted by Crippen LogP contribution is 2.49. The summed E-state index contributed by atoms with van der Waals surface area (Å²) in [4.78, 5) is -1.65. The summed E-state index contributed by atoms with van der Waals surface area (Å²) in [6, 6.07) is 6.05. The van der Waals surface area contributed by atoms with Gasteiger partial charge in [0.05, 0.1) is 0 Å². The second kappa shape index (κ2) is 6.83. The van der Waals surface area contributed by atoms with Crippen LogP contribution in [0.5, 0.6) is 0 Å². The monoisotopic (exact) mass is 389 g/mol. The molecule has 0 saturated heterocycles. The molecule has 129 valence electrons. The minimum absolute atomic E-state index is 0.308. The van der Waals surface area contributed by atoms with E-state index in [4.69, 9.17) is 0 Å². The van der Waals surface area contributed by atoms with Crippen LogP contribution in [0.15, 0.2) is 40.1 Å². The van der Waals surface area contributed by atoms with Gasteiger partial charge in [0.1, 0.15) is 11.6 Å². The molecule has 0 fully saturated rings. The highest BCUT2D eigenvalue weighted by Gasteiger charge is 2.36. The van der Waals surface area contributed by atoms with Gasteiger partial charge in [-0.3, -0.25) is 0 Å². The lowest BCUT2D eigenvalue weighted by Crippen LogP contribution is -2.04. The predicted octanol–water partition coefficient (Wildman–Crippen LogP) is 6.66. The Balaban J connectivity index is 2.63. The van der Waals surface area contributed by atoms with E-state index < -0.39 is 56.0 Å². The molecule has 2 rings (SSSR count). The number of alkyl halides is 6. The molecule has 0 atom stereocenters. The maximum absolute atomic E-state index is 13.3. The van der Waals surface area contributed by atoms with Crippen molar-refractivity contribution >= 4 is 23.5 Å². The molecule has 1 radical (unpaired) electrons. The quantitative estimate of drug-likeness (QED) is 0.426. The summed E-state index contributed by atoms with van der Waals surface area (Å²) in [6.07, 6.45) is 0. The van der Waals surface area contributed by atoms with Crippen molar-refractivity contribution in [3.63, 3.8) is 0 Å². The van der Waals surface area contributed by atoms with Crippen LogP contribution in [-0.2, 0) is 0 Å². The average molecular weight is 389 g/mol. The Morgan fingerprint density at radius 1 is 0.792 bits per heavy atom. The summed E-state index contributed by atoms with van der Waals surface area (Å²) < 4.78 is 102. The molecule has 0 aliphatic heterocycles. The van der Waals surface area contributed by atoms with E-state index in [9.17, 15) is 35.1 Å². The first kappa shape index (κ1) is 18.9. The van der Waals surface area contributed by atoms with Crippen LogP contribution in [0.1, 0.15) is 0 Å². The summed E-state index contributed by atoms with van der Waals surface area (Å²) in [6.45, 7) is 0. The first-order valence-corrected chi connectivity index (χ1v) is 7.60. The molecule has 24 heavy (non-hydrogen) atoms. The standard InChI is InChI=1S/C14H5F8S2/c15-8-4-7(5-9(16)6-8)10-2-1-3-11(23-13(17,18)19)12(10)24-14(20,21)22/h1-2,4-6H. The fourth-order valence-electron chi connectivity index (χ4n) is 1.81. The minimum Gasteiger partial charge on any atom is -0.207 e. The van der Waals surface area contributed by atoms with E-state index in [0.717, 1.165) is 24.3 Å². The Morgan fingerprint density at radius 2 is 1.33 bits per heavy atom. The SMILES string of the molecule is Fc1cc(F)cc(-c2cc[c]c(SC(F)(F)F)c2SC(F)(F)F)c1. The number of thioether (sulfide) groups is 2. The lowest BCUT2D eigenvalue weighted by molar-refractivity contribution is -0.0346. The van der Waals surface area contributed by atoms with E-state index >= 15 is 0 Å². The molecular weight excluding hydrogens is 384 g/mol. The Morgan fingerprint density at radius 3 is 1.83 bits per heavy atom. The molecule has 0 spiro atoms. The van der Waals surface area contributed by atoms with Crippen molar-refractivity contribution in [2.24, 2.45) is 0 Å². The van der Waals surface area contributed by atoms with Gasteiger partial charge in [0, 0.05) is 15.9 Å². The fourth-order valence-corrected chi connectivity index (χ4v) is 3.30. The zero-order valence-corrected chi connectivity index (χ0v) is 12.9. The molecule has 0 aromatic heterocycles. The van der Waals surface area contributed by atoms with E-state index in [-0.39, 0.29) is 11.1 Å². The third kappa shape index (κ3) is 5.30. The maximum Gasteiger partial charge on any atom is 0.446 e. The highest BCUT2D eigenvalue weighted by molar-refractivity contribution is 8.03. The zero-order chi connectivity index (χ0) is 18.1. The van der Waals surface area contributed by atoms with E-state index in [2.05, 4.69) is 6.07 Å². The predicted molar refractivity (Wildman–Crippen MR) is 74.5 cm³/mol. The minimum atomic E-state index is -4.89. The topological polar surface area (TPSA) is 0 Å². The second-order valence-corrected chi connectivity index (χ2v) is 6.45. The molecule has 0 saturated carbocycles. The lowest BCUT2D eigenvalue weighted by atomic mass is 10.1. The number of rotatable bonds is 3. The molecule has 0 N–H and O–H groups in total. The zero-order valence-electron chi connectivity index (χ0n) is 11.2. The van der Waals surface area contributed by atoms with Crippen molar-refractivity contribution in [2.75, 3.05) is 0 Å². The Hall–Kier alpha value is -1.42. The second-order valence-electron chi connectivity index (χ2n) is 4.30.